The van der Waals surface area contributed by atoms with Gasteiger partial charge in [0.05, 0.1) is 6.42 Å². The summed E-state index contributed by atoms with van der Waals surface area (Å²) in [4.78, 5) is 10.5. The molecule has 2 rings (SSSR count). The van der Waals surface area contributed by atoms with E-state index in [1.165, 1.54) is 0 Å². The molecule has 0 radical (unpaired) electrons. The van der Waals surface area contributed by atoms with E-state index in [0.717, 1.165) is 16.7 Å². The molecule has 0 fully saturated rings. The van der Waals surface area contributed by atoms with Crippen LogP contribution in [0.25, 0.3) is 11.5 Å². The van der Waals surface area contributed by atoms with Gasteiger partial charge in [-0.3, -0.25) is 4.79 Å². The van der Waals surface area contributed by atoms with Gasteiger partial charge in [-0.15, -0.1) is 10.2 Å². The summed E-state index contributed by atoms with van der Waals surface area (Å²) in [6, 6.07) is 5.98. The predicted molar refractivity (Wildman–Crippen MR) is 65.2 cm³/mol. The van der Waals surface area contributed by atoms with Gasteiger partial charge in [0.2, 0.25) is 11.8 Å². The van der Waals surface area contributed by atoms with Gasteiger partial charge in [-0.25, -0.2) is 0 Å². The molecular weight excluding hydrogens is 232 g/mol. The average molecular weight is 246 g/mol. The molecule has 0 amide bonds. The predicted octanol–water partition coefficient (Wildman–Crippen LogP) is 2.37. The monoisotopic (exact) mass is 246 g/mol. The van der Waals surface area contributed by atoms with Crippen LogP contribution in [0, 0.1) is 13.8 Å². The zero-order chi connectivity index (χ0) is 13.1. The Morgan fingerprint density at radius 2 is 2.11 bits per heavy atom. The number of benzene rings is 1. The molecule has 18 heavy (non-hydrogen) atoms. The third kappa shape index (κ3) is 2.74. The van der Waals surface area contributed by atoms with E-state index in [4.69, 9.17) is 9.52 Å². The van der Waals surface area contributed by atoms with Gasteiger partial charge >= 0.3 is 5.97 Å². The van der Waals surface area contributed by atoms with Crippen LogP contribution in [0.2, 0.25) is 0 Å². The highest BCUT2D eigenvalue weighted by molar-refractivity contribution is 5.66. The number of aromatic nitrogens is 2. The Bertz CT molecular complexity index is 575. The van der Waals surface area contributed by atoms with E-state index in [-0.39, 0.29) is 12.8 Å². The van der Waals surface area contributed by atoms with Crippen molar-refractivity contribution in [2.45, 2.75) is 26.7 Å². The quantitative estimate of drug-likeness (QED) is 0.896. The number of aliphatic carboxylic acids is 1. The zero-order valence-electron chi connectivity index (χ0n) is 10.3. The SMILES string of the molecule is Cc1ccc(C)c(-c2nnc(CCC(=O)O)o2)c1. The molecule has 0 bridgehead atoms. The largest absolute Gasteiger partial charge is 0.481 e. The number of carboxylic acids is 1. The first-order chi connectivity index (χ1) is 8.56. The summed E-state index contributed by atoms with van der Waals surface area (Å²) in [5, 5.41) is 16.4. The summed E-state index contributed by atoms with van der Waals surface area (Å²) in [6.07, 6.45) is 0.252. The van der Waals surface area contributed by atoms with Gasteiger partial charge in [0, 0.05) is 12.0 Å². The van der Waals surface area contributed by atoms with Gasteiger partial charge in [0.15, 0.2) is 0 Å². The summed E-state index contributed by atoms with van der Waals surface area (Å²) >= 11 is 0. The first kappa shape index (κ1) is 12.3. The average Bonchev–Trinajstić information content (AvgIpc) is 2.78. The normalized spacial score (nSPS) is 10.6. The first-order valence-electron chi connectivity index (χ1n) is 5.68. The highest BCUT2D eigenvalue weighted by Gasteiger charge is 2.12. The number of carboxylic acid groups (broad SMARTS) is 1. The Morgan fingerprint density at radius 3 is 2.83 bits per heavy atom. The van der Waals surface area contributed by atoms with Crippen LogP contribution in [0.3, 0.4) is 0 Å². The van der Waals surface area contributed by atoms with Crippen molar-refractivity contribution in [3.8, 4) is 11.5 Å². The van der Waals surface area contributed by atoms with Crippen LogP contribution in [-0.4, -0.2) is 21.3 Å². The number of aryl methyl sites for hydroxylation is 3. The van der Waals surface area contributed by atoms with Crippen LogP contribution < -0.4 is 0 Å². The van der Waals surface area contributed by atoms with E-state index in [9.17, 15) is 4.79 Å². The molecule has 0 spiro atoms. The number of rotatable bonds is 4. The molecule has 5 heteroatoms. The molecule has 0 unspecified atom stereocenters. The summed E-state index contributed by atoms with van der Waals surface area (Å²) in [6.45, 7) is 3.96. The van der Waals surface area contributed by atoms with Crippen molar-refractivity contribution >= 4 is 5.97 Å². The Labute approximate surface area is 104 Å². The molecule has 0 saturated heterocycles. The standard InChI is InChI=1S/C13H14N2O3/c1-8-3-4-9(2)10(7-8)13-15-14-11(18-13)5-6-12(16)17/h3-4,7H,5-6H2,1-2H3,(H,16,17). The van der Waals surface area contributed by atoms with Crippen LogP contribution in [-0.2, 0) is 11.2 Å². The van der Waals surface area contributed by atoms with E-state index in [1.807, 2.05) is 32.0 Å². The fourth-order valence-corrected chi connectivity index (χ4v) is 1.64. The third-order valence-electron chi connectivity index (χ3n) is 2.64. The summed E-state index contributed by atoms with van der Waals surface area (Å²) in [7, 11) is 0. The fraction of sp³-hybridized carbons (Fsp3) is 0.308. The molecule has 1 heterocycles. The van der Waals surface area contributed by atoms with Crippen molar-refractivity contribution in [3.05, 3.63) is 35.2 Å². The molecule has 0 atom stereocenters. The smallest absolute Gasteiger partial charge is 0.303 e. The molecule has 1 aromatic heterocycles. The minimum Gasteiger partial charge on any atom is -0.481 e. The lowest BCUT2D eigenvalue weighted by Gasteiger charge is -2.01. The minimum atomic E-state index is -0.874. The maximum Gasteiger partial charge on any atom is 0.303 e. The lowest BCUT2D eigenvalue weighted by atomic mass is 10.1. The van der Waals surface area contributed by atoms with Crippen LogP contribution >= 0.6 is 0 Å². The van der Waals surface area contributed by atoms with Gasteiger partial charge in [0.1, 0.15) is 0 Å². The van der Waals surface area contributed by atoms with Crippen molar-refractivity contribution < 1.29 is 14.3 Å². The Hall–Kier alpha value is -2.17. The topological polar surface area (TPSA) is 76.2 Å². The second-order valence-electron chi connectivity index (χ2n) is 4.21. The van der Waals surface area contributed by atoms with Crippen molar-refractivity contribution in [1.29, 1.82) is 0 Å². The molecule has 0 aliphatic carbocycles. The molecule has 0 saturated carbocycles. The highest BCUT2D eigenvalue weighted by Crippen LogP contribution is 2.23. The second-order valence-corrected chi connectivity index (χ2v) is 4.21. The molecule has 5 nitrogen and oxygen atoms in total. The van der Waals surface area contributed by atoms with E-state index in [1.54, 1.807) is 0 Å². The number of hydrogen-bond donors (Lipinski definition) is 1. The lowest BCUT2D eigenvalue weighted by Crippen LogP contribution is -1.97. The molecular formula is C13H14N2O3. The zero-order valence-corrected chi connectivity index (χ0v) is 10.3. The van der Waals surface area contributed by atoms with E-state index < -0.39 is 5.97 Å². The molecule has 0 aliphatic rings. The van der Waals surface area contributed by atoms with Gasteiger partial charge in [-0.1, -0.05) is 17.7 Å². The van der Waals surface area contributed by atoms with Crippen LogP contribution in [0.5, 0.6) is 0 Å². The second kappa shape index (κ2) is 5.00. The van der Waals surface area contributed by atoms with E-state index >= 15 is 0 Å². The van der Waals surface area contributed by atoms with Crippen molar-refractivity contribution in [2.24, 2.45) is 0 Å². The van der Waals surface area contributed by atoms with E-state index in [0.29, 0.717) is 11.8 Å². The lowest BCUT2D eigenvalue weighted by molar-refractivity contribution is -0.137. The summed E-state index contributed by atoms with van der Waals surface area (Å²) in [5.74, 6) is -0.0774. The van der Waals surface area contributed by atoms with Crippen molar-refractivity contribution in [2.75, 3.05) is 0 Å². The first-order valence-corrected chi connectivity index (χ1v) is 5.68. The molecule has 0 aliphatic heterocycles. The van der Waals surface area contributed by atoms with Crippen molar-refractivity contribution in [3.63, 3.8) is 0 Å². The third-order valence-corrected chi connectivity index (χ3v) is 2.64. The summed E-state index contributed by atoms with van der Waals surface area (Å²) < 4.78 is 5.47. The maximum absolute atomic E-state index is 10.5. The minimum absolute atomic E-state index is 0.00552. The van der Waals surface area contributed by atoms with Gasteiger partial charge in [0.25, 0.3) is 0 Å². The Morgan fingerprint density at radius 1 is 1.33 bits per heavy atom. The number of nitrogens with zero attached hydrogens (tertiary/aromatic N) is 2. The number of carbonyl (C=O) groups is 1. The molecule has 1 aromatic carbocycles. The van der Waals surface area contributed by atoms with E-state index in [2.05, 4.69) is 10.2 Å². The van der Waals surface area contributed by atoms with Gasteiger partial charge in [-0.05, 0) is 25.5 Å². The van der Waals surface area contributed by atoms with Crippen molar-refractivity contribution in [1.82, 2.24) is 10.2 Å². The van der Waals surface area contributed by atoms with Crippen LogP contribution in [0.1, 0.15) is 23.4 Å². The number of hydrogen-bond acceptors (Lipinski definition) is 4. The summed E-state index contributed by atoms with van der Waals surface area (Å²) in [5.41, 5.74) is 3.05. The molecule has 2 aromatic rings. The highest BCUT2D eigenvalue weighted by atomic mass is 16.4. The molecule has 1 N–H and O–H groups in total. The van der Waals surface area contributed by atoms with Gasteiger partial charge < -0.3 is 9.52 Å². The molecule has 94 valence electrons. The fourth-order valence-electron chi connectivity index (χ4n) is 1.64. The van der Waals surface area contributed by atoms with Gasteiger partial charge in [-0.2, -0.15) is 0 Å². The van der Waals surface area contributed by atoms with Crippen LogP contribution in [0.4, 0.5) is 0 Å². The van der Waals surface area contributed by atoms with Crippen LogP contribution in [0.15, 0.2) is 22.6 Å². The Kier molecular flexibility index (Phi) is 3.41. The maximum atomic E-state index is 10.5. The Balaban J connectivity index is 2.23.